The van der Waals surface area contributed by atoms with Gasteiger partial charge >= 0.3 is 0 Å². The fourth-order valence-corrected chi connectivity index (χ4v) is 3.13. The number of hydrogen-bond acceptors (Lipinski definition) is 4. The maximum Gasteiger partial charge on any atom is 0.246 e. The summed E-state index contributed by atoms with van der Waals surface area (Å²) in [6.45, 7) is 3.09. The van der Waals surface area contributed by atoms with Crippen molar-refractivity contribution in [1.29, 1.82) is 0 Å². The van der Waals surface area contributed by atoms with E-state index in [1.54, 1.807) is 26.4 Å². The number of methoxy groups -OCH3 is 2. The first-order chi connectivity index (χ1) is 12.7. The van der Waals surface area contributed by atoms with E-state index in [1.165, 1.54) is 5.69 Å². The highest BCUT2D eigenvalue weighted by atomic mass is 16.5. The average Bonchev–Trinajstić information content (AvgIpc) is 2.72. The smallest absolute Gasteiger partial charge is 0.246 e. The zero-order chi connectivity index (χ0) is 18.4. The van der Waals surface area contributed by atoms with E-state index in [-0.39, 0.29) is 5.91 Å². The fraction of sp³-hybridized carbons (Fsp3) is 0.286. The number of ether oxygens (including phenoxy) is 2. The molecule has 2 aromatic carbocycles. The maximum absolute atomic E-state index is 12.6. The van der Waals surface area contributed by atoms with Crippen molar-refractivity contribution in [2.75, 3.05) is 45.3 Å². The second-order valence-corrected chi connectivity index (χ2v) is 6.06. The Labute approximate surface area is 154 Å². The van der Waals surface area contributed by atoms with Crippen LogP contribution in [-0.2, 0) is 4.79 Å². The van der Waals surface area contributed by atoms with Crippen molar-refractivity contribution < 1.29 is 14.3 Å². The highest BCUT2D eigenvalue weighted by Gasteiger charge is 2.20. The average molecular weight is 352 g/mol. The molecule has 0 atom stereocenters. The van der Waals surface area contributed by atoms with Gasteiger partial charge in [-0.2, -0.15) is 0 Å². The second-order valence-electron chi connectivity index (χ2n) is 6.06. The van der Waals surface area contributed by atoms with Crippen molar-refractivity contribution in [3.05, 3.63) is 60.2 Å². The van der Waals surface area contributed by atoms with E-state index in [2.05, 4.69) is 17.0 Å². The topological polar surface area (TPSA) is 42.0 Å². The number of piperazine rings is 1. The van der Waals surface area contributed by atoms with Crippen LogP contribution in [0.3, 0.4) is 0 Å². The third-order valence-corrected chi connectivity index (χ3v) is 4.57. The molecule has 5 nitrogen and oxygen atoms in total. The molecule has 1 fully saturated rings. The predicted molar refractivity (Wildman–Crippen MR) is 104 cm³/mol. The molecule has 136 valence electrons. The number of rotatable bonds is 5. The van der Waals surface area contributed by atoms with Crippen LogP contribution in [0.5, 0.6) is 11.5 Å². The van der Waals surface area contributed by atoms with Gasteiger partial charge in [0.05, 0.1) is 19.8 Å². The molecule has 1 amide bonds. The third kappa shape index (κ3) is 3.99. The molecule has 1 aliphatic heterocycles. The van der Waals surface area contributed by atoms with Gasteiger partial charge in [-0.05, 0) is 30.3 Å². The molecule has 3 rings (SSSR count). The Morgan fingerprint density at radius 1 is 0.885 bits per heavy atom. The number of carbonyl (C=O) groups excluding carboxylic acids is 1. The zero-order valence-corrected chi connectivity index (χ0v) is 15.2. The van der Waals surface area contributed by atoms with Crippen LogP contribution in [0.25, 0.3) is 6.08 Å². The summed E-state index contributed by atoms with van der Waals surface area (Å²) >= 11 is 0. The number of amides is 1. The van der Waals surface area contributed by atoms with E-state index >= 15 is 0 Å². The fourth-order valence-electron chi connectivity index (χ4n) is 3.13. The summed E-state index contributed by atoms with van der Waals surface area (Å²) in [5.74, 6) is 1.37. The summed E-state index contributed by atoms with van der Waals surface area (Å²) in [6, 6.07) is 15.9. The molecule has 1 heterocycles. The molecule has 0 saturated carbocycles. The number of anilines is 1. The molecule has 0 spiro atoms. The quantitative estimate of drug-likeness (QED) is 0.776. The molecule has 2 aromatic rings. The lowest BCUT2D eigenvalue weighted by molar-refractivity contribution is -0.126. The van der Waals surface area contributed by atoms with Crippen LogP contribution in [0.1, 0.15) is 5.56 Å². The van der Waals surface area contributed by atoms with Gasteiger partial charge < -0.3 is 19.3 Å². The minimum Gasteiger partial charge on any atom is -0.496 e. The highest BCUT2D eigenvalue weighted by Crippen LogP contribution is 2.29. The predicted octanol–water partition coefficient (Wildman–Crippen LogP) is 3.07. The number of benzene rings is 2. The molecule has 0 aliphatic carbocycles. The lowest BCUT2D eigenvalue weighted by Gasteiger charge is -2.35. The number of nitrogens with zero attached hydrogens (tertiary/aromatic N) is 2. The Morgan fingerprint density at radius 3 is 2.08 bits per heavy atom. The van der Waals surface area contributed by atoms with Crippen LogP contribution >= 0.6 is 0 Å². The van der Waals surface area contributed by atoms with Gasteiger partial charge in [-0.15, -0.1) is 0 Å². The van der Waals surface area contributed by atoms with Crippen LogP contribution in [0.15, 0.2) is 54.6 Å². The van der Waals surface area contributed by atoms with Gasteiger partial charge in [0.25, 0.3) is 0 Å². The molecule has 0 bridgehead atoms. The Morgan fingerprint density at radius 2 is 1.50 bits per heavy atom. The molecule has 0 unspecified atom stereocenters. The Bertz CT molecular complexity index is 744. The molecule has 5 heteroatoms. The molecule has 0 aromatic heterocycles. The van der Waals surface area contributed by atoms with E-state index < -0.39 is 0 Å². The van der Waals surface area contributed by atoms with Gasteiger partial charge in [0, 0.05) is 37.9 Å². The van der Waals surface area contributed by atoms with Gasteiger partial charge in [-0.25, -0.2) is 0 Å². The molecule has 1 saturated heterocycles. The Hall–Kier alpha value is -2.95. The van der Waals surface area contributed by atoms with Crippen molar-refractivity contribution in [3.63, 3.8) is 0 Å². The summed E-state index contributed by atoms with van der Waals surface area (Å²) in [5, 5.41) is 0. The molecule has 0 radical (unpaired) electrons. The summed E-state index contributed by atoms with van der Waals surface area (Å²) in [5.41, 5.74) is 1.97. The largest absolute Gasteiger partial charge is 0.496 e. The lowest BCUT2D eigenvalue weighted by atomic mass is 10.1. The lowest BCUT2D eigenvalue weighted by Crippen LogP contribution is -2.48. The van der Waals surface area contributed by atoms with Crippen LogP contribution < -0.4 is 14.4 Å². The minimum absolute atomic E-state index is 0.00525. The molecule has 0 N–H and O–H groups in total. The van der Waals surface area contributed by atoms with Crippen molar-refractivity contribution in [1.82, 2.24) is 4.90 Å². The molecular weight excluding hydrogens is 328 g/mol. The summed E-state index contributed by atoms with van der Waals surface area (Å²) < 4.78 is 10.7. The van der Waals surface area contributed by atoms with Crippen molar-refractivity contribution in [2.24, 2.45) is 0 Å². The van der Waals surface area contributed by atoms with E-state index in [0.717, 1.165) is 18.7 Å². The first kappa shape index (κ1) is 17.9. The standard InChI is InChI=1S/C21H24N2O3/c1-25-19-9-6-10-20(26-2)18(19)11-12-21(24)23-15-13-22(14-16-23)17-7-4-3-5-8-17/h3-12H,13-16H2,1-2H3/b12-11+. The SMILES string of the molecule is COc1cccc(OC)c1/C=C/C(=O)N1CCN(c2ccccc2)CC1. The summed E-state index contributed by atoms with van der Waals surface area (Å²) in [4.78, 5) is 16.7. The van der Waals surface area contributed by atoms with E-state index in [1.807, 2.05) is 41.3 Å². The summed E-state index contributed by atoms with van der Waals surface area (Å²) in [7, 11) is 3.22. The van der Waals surface area contributed by atoms with Crippen LogP contribution in [0.4, 0.5) is 5.69 Å². The molecule has 1 aliphatic rings. The monoisotopic (exact) mass is 352 g/mol. The van der Waals surface area contributed by atoms with E-state index in [0.29, 0.717) is 24.6 Å². The van der Waals surface area contributed by atoms with Crippen LogP contribution in [0.2, 0.25) is 0 Å². The van der Waals surface area contributed by atoms with Crippen molar-refractivity contribution >= 4 is 17.7 Å². The van der Waals surface area contributed by atoms with Gasteiger partial charge in [0.2, 0.25) is 5.91 Å². The molecular formula is C21H24N2O3. The van der Waals surface area contributed by atoms with Gasteiger partial charge in [-0.3, -0.25) is 4.79 Å². The number of carbonyl (C=O) groups is 1. The van der Waals surface area contributed by atoms with Gasteiger partial charge in [0.1, 0.15) is 11.5 Å². The summed E-state index contributed by atoms with van der Waals surface area (Å²) in [6.07, 6.45) is 3.36. The van der Waals surface area contributed by atoms with Crippen molar-refractivity contribution in [3.8, 4) is 11.5 Å². The van der Waals surface area contributed by atoms with Gasteiger partial charge in [-0.1, -0.05) is 24.3 Å². The Kier molecular flexibility index (Phi) is 5.79. The molecule has 26 heavy (non-hydrogen) atoms. The second kappa shape index (κ2) is 8.43. The van der Waals surface area contributed by atoms with Crippen LogP contribution in [-0.4, -0.2) is 51.2 Å². The third-order valence-electron chi connectivity index (χ3n) is 4.57. The van der Waals surface area contributed by atoms with E-state index in [4.69, 9.17) is 9.47 Å². The number of para-hydroxylation sites is 1. The first-order valence-electron chi connectivity index (χ1n) is 8.71. The van der Waals surface area contributed by atoms with Crippen LogP contribution in [0, 0.1) is 0 Å². The highest BCUT2D eigenvalue weighted by molar-refractivity contribution is 5.92. The normalized spacial score (nSPS) is 14.5. The number of hydrogen-bond donors (Lipinski definition) is 0. The Balaban J connectivity index is 1.64. The first-order valence-corrected chi connectivity index (χ1v) is 8.71. The minimum atomic E-state index is 0.00525. The van der Waals surface area contributed by atoms with E-state index in [9.17, 15) is 4.79 Å². The zero-order valence-electron chi connectivity index (χ0n) is 15.2. The maximum atomic E-state index is 12.6. The van der Waals surface area contributed by atoms with Gasteiger partial charge in [0.15, 0.2) is 0 Å². The van der Waals surface area contributed by atoms with Crippen molar-refractivity contribution in [2.45, 2.75) is 0 Å².